The molecule has 1 saturated carbocycles. The second-order valence-electron chi connectivity index (χ2n) is 10.5. The van der Waals surface area contributed by atoms with Crippen molar-refractivity contribution in [1.29, 1.82) is 5.26 Å². The van der Waals surface area contributed by atoms with Crippen LogP contribution in [0.1, 0.15) is 64.1 Å². The lowest BCUT2D eigenvalue weighted by atomic mass is 9.79. The summed E-state index contributed by atoms with van der Waals surface area (Å²) in [5.74, 6) is -1.26. The average Bonchev–Trinajstić information content (AvgIpc) is 3.70. The van der Waals surface area contributed by atoms with Crippen molar-refractivity contribution in [2.75, 3.05) is 5.32 Å². The predicted octanol–water partition coefficient (Wildman–Crippen LogP) is 6.01. The van der Waals surface area contributed by atoms with Gasteiger partial charge in [-0.1, -0.05) is 43.2 Å². The molecule has 0 unspecified atom stereocenters. The summed E-state index contributed by atoms with van der Waals surface area (Å²) in [7, 11) is 0. The molecule has 1 aliphatic carbocycles. The average molecular weight is 577 g/mol. The molecule has 7 nitrogen and oxygen atoms in total. The van der Waals surface area contributed by atoms with Crippen LogP contribution in [-0.2, 0) is 18.3 Å². The molecule has 1 aliphatic rings. The van der Waals surface area contributed by atoms with E-state index in [2.05, 4.69) is 16.5 Å². The molecule has 1 fully saturated rings. The number of carbonyl (C=O) groups is 1. The van der Waals surface area contributed by atoms with Gasteiger partial charge >= 0.3 is 6.18 Å². The molecule has 5 rings (SSSR count). The second-order valence-corrected chi connectivity index (χ2v) is 10.5. The second kappa shape index (κ2) is 11.4. The quantitative estimate of drug-likeness (QED) is 0.211. The molecule has 4 aromatic rings. The monoisotopic (exact) mass is 576 g/mol. The van der Waals surface area contributed by atoms with Gasteiger partial charge in [0.15, 0.2) is 5.69 Å². The lowest BCUT2D eigenvalue weighted by molar-refractivity contribution is -0.141. The van der Waals surface area contributed by atoms with Crippen LogP contribution in [0.2, 0.25) is 0 Å². The Morgan fingerprint density at radius 2 is 1.79 bits per heavy atom. The number of nitriles is 1. The highest BCUT2D eigenvalue weighted by atomic mass is 19.4. The summed E-state index contributed by atoms with van der Waals surface area (Å²) in [6.45, 7) is 0.125. The summed E-state index contributed by atoms with van der Waals surface area (Å²) in [6.07, 6.45) is -1.31. The lowest BCUT2D eigenvalue weighted by Crippen LogP contribution is -2.38. The van der Waals surface area contributed by atoms with E-state index in [1.165, 1.54) is 24.3 Å². The van der Waals surface area contributed by atoms with Gasteiger partial charge in [-0.05, 0) is 71.8 Å². The molecule has 1 heterocycles. The summed E-state index contributed by atoms with van der Waals surface area (Å²) in [5.41, 5.74) is 11.9. The molecule has 216 valence electrons. The summed E-state index contributed by atoms with van der Waals surface area (Å²) < 4.78 is 56.8. The van der Waals surface area contributed by atoms with Gasteiger partial charge in [0.25, 0.3) is 5.91 Å². The fourth-order valence-corrected chi connectivity index (χ4v) is 4.94. The number of carbonyl (C=O) groups excluding carboxylic acids is 1. The van der Waals surface area contributed by atoms with Gasteiger partial charge < -0.3 is 16.8 Å². The molecule has 5 N–H and O–H groups in total. The van der Waals surface area contributed by atoms with E-state index in [0.717, 1.165) is 30.0 Å². The Hall–Kier alpha value is -4.53. The minimum Gasteiger partial charge on any atom is -0.326 e. The number of rotatable bonds is 9. The molecule has 0 spiro atoms. The van der Waals surface area contributed by atoms with Crippen molar-refractivity contribution in [2.24, 2.45) is 17.4 Å². The van der Waals surface area contributed by atoms with E-state index in [9.17, 15) is 23.2 Å². The smallest absolute Gasteiger partial charge is 0.326 e. The largest absolute Gasteiger partial charge is 0.435 e. The summed E-state index contributed by atoms with van der Waals surface area (Å²) >= 11 is 0. The number of hydrogen-bond acceptors (Lipinski definition) is 5. The fourth-order valence-electron chi connectivity index (χ4n) is 4.94. The van der Waals surface area contributed by atoms with Crippen molar-refractivity contribution < 1.29 is 22.4 Å². The molecular formula is C31H28F4N6O. The maximum atomic E-state index is 15.1. The number of nitrogens with zero attached hydrogens (tertiary/aromatic N) is 3. The van der Waals surface area contributed by atoms with Gasteiger partial charge in [0.05, 0.1) is 28.5 Å². The number of halogens is 4. The zero-order valence-corrected chi connectivity index (χ0v) is 22.5. The van der Waals surface area contributed by atoms with Crippen LogP contribution in [0.5, 0.6) is 0 Å². The van der Waals surface area contributed by atoms with Crippen LogP contribution in [0.25, 0.3) is 5.69 Å². The fraction of sp³-hybridized carbons (Fsp3) is 0.258. The Kier molecular flexibility index (Phi) is 7.86. The normalized spacial score (nSPS) is 14.7. The number of amides is 1. The van der Waals surface area contributed by atoms with Crippen LogP contribution >= 0.6 is 0 Å². The number of hydrogen-bond donors (Lipinski definition) is 3. The maximum absolute atomic E-state index is 15.1. The molecule has 1 aromatic heterocycles. The third-order valence-corrected chi connectivity index (χ3v) is 7.50. The first kappa shape index (κ1) is 29.0. The molecule has 3 aromatic carbocycles. The molecular weight excluding hydrogens is 548 g/mol. The van der Waals surface area contributed by atoms with Gasteiger partial charge in [0.1, 0.15) is 11.5 Å². The molecule has 0 saturated heterocycles. The van der Waals surface area contributed by atoms with E-state index in [4.69, 9.17) is 11.5 Å². The number of nitrogens with two attached hydrogens (primary N) is 2. The first-order valence-corrected chi connectivity index (χ1v) is 13.4. The molecule has 1 amide bonds. The highest BCUT2D eigenvalue weighted by molar-refractivity contribution is 6.03. The van der Waals surface area contributed by atoms with E-state index in [0.29, 0.717) is 40.7 Å². The third-order valence-electron chi connectivity index (χ3n) is 7.50. The number of alkyl halides is 3. The van der Waals surface area contributed by atoms with Crippen LogP contribution in [0.15, 0.2) is 72.8 Å². The van der Waals surface area contributed by atoms with E-state index < -0.39 is 34.8 Å². The first-order chi connectivity index (χ1) is 20.0. The van der Waals surface area contributed by atoms with Gasteiger partial charge in [-0.15, -0.1) is 0 Å². The molecule has 42 heavy (non-hydrogen) atoms. The number of aromatic nitrogens is 2. The number of anilines is 1. The standard InChI is InChI=1S/C31H28F4N6O/c32-25-10-9-23(30(38,12-11-19-7-8-19)22-5-1-3-20(13-22)17-36)15-26(25)39-29(42)27-16-28(31(33,34)35)40-41(27)24-6-2-4-21(14-24)18-37/h1-6,9-10,13-16,19H,7-8,11-12,18,37-38H2,(H,39,42)/t30-/m0/s1. The highest BCUT2D eigenvalue weighted by Gasteiger charge is 2.37. The van der Waals surface area contributed by atoms with E-state index in [-0.39, 0.29) is 17.9 Å². The van der Waals surface area contributed by atoms with Crippen molar-refractivity contribution in [3.8, 4) is 11.8 Å². The van der Waals surface area contributed by atoms with Crippen LogP contribution < -0.4 is 16.8 Å². The van der Waals surface area contributed by atoms with Crippen molar-refractivity contribution in [1.82, 2.24) is 9.78 Å². The number of benzene rings is 3. The van der Waals surface area contributed by atoms with Gasteiger partial charge in [0, 0.05) is 12.6 Å². The Bertz CT molecular complexity index is 1670. The predicted molar refractivity (Wildman–Crippen MR) is 149 cm³/mol. The van der Waals surface area contributed by atoms with E-state index in [1.807, 2.05) is 0 Å². The molecule has 1 atom stereocenters. The number of nitrogens with one attached hydrogen (secondary N) is 1. The Balaban J connectivity index is 1.53. The summed E-state index contributed by atoms with van der Waals surface area (Å²) in [6, 6.07) is 19.9. The topological polar surface area (TPSA) is 123 Å². The van der Waals surface area contributed by atoms with Gasteiger partial charge in [-0.3, -0.25) is 4.79 Å². The molecule has 0 bridgehead atoms. The van der Waals surface area contributed by atoms with E-state index in [1.54, 1.807) is 36.4 Å². The van der Waals surface area contributed by atoms with Crippen LogP contribution in [-0.4, -0.2) is 15.7 Å². The van der Waals surface area contributed by atoms with Crippen LogP contribution in [0.3, 0.4) is 0 Å². The van der Waals surface area contributed by atoms with Gasteiger partial charge in [-0.25, -0.2) is 9.07 Å². The third kappa shape index (κ3) is 6.05. The lowest BCUT2D eigenvalue weighted by Gasteiger charge is -2.32. The summed E-state index contributed by atoms with van der Waals surface area (Å²) in [5, 5.41) is 15.5. The van der Waals surface area contributed by atoms with Gasteiger partial charge in [0.2, 0.25) is 0 Å². The van der Waals surface area contributed by atoms with Crippen LogP contribution in [0.4, 0.5) is 23.2 Å². The SMILES string of the molecule is N#Cc1cccc([C@@](N)(CCC2CC2)c2ccc(F)c(NC(=O)c3cc(C(F)(F)F)nn3-c3cccc(CN)c3)c2)c1. The maximum Gasteiger partial charge on any atom is 0.435 e. The first-order valence-electron chi connectivity index (χ1n) is 13.4. The Morgan fingerprint density at radius 1 is 1.05 bits per heavy atom. The molecule has 0 radical (unpaired) electrons. The zero-order valence-electron chi connectivity index (χ0n) is 22.5. The Labute approximate surface area is 239 Å². The highest BCUT2D eigenvalue weighted by Crippen LogP contribution is 2.41. The Morgan fingerprint density at radius 3 is 2.48 bits per heavy atom. The van der Waals surface area contributed by atoms with Crippen molar-refractivity contribution in [3.63, 3.8) is 0 Å². The van der Waals surface area contributed by atoms with Gasteiger partial charge in [-0.2, -0.15) is 23.5 Å². The summed E-state index contributed by atoms with van der Waals surface area (Å²) in [4.78, 5) is 13.4. The molecule has 0 aliphatic heterocycles. The van der Waals surface area contributed by atoms with Crippen molar-refractivity contribution >= 4 is 11.6 Å². The van der Waals surface area contributed by atoms with Crippen molar-refractivity contribution in [3.05, 3.63) is 112 Å². The minimum absolute atomic E-state index is 0.125. The zero-order chi connectivity index (χ0) is 30.1. The van der Waals surface area contributed by atoms with Crippen molar-refractivity contribution in [2.45, 2.75) is 43.9 Å². The van der Waals surface area contributed by atoms with E-state index >= 15 is 4.39 Å². The minimum atomic E-state index is -4.82. The van der Waals surface area contributed by atoms with Crippen LogP contribution in [0, 0.1) is 23.1 Å². The molecule has 11 heteroatoms.